The first kappa shape index (κ1) is 28.8. The summed E-state index contributed by atoms with van der Waals surface area (Å²) in [5.41, 5.74) is 1.25. The third kappa shape index (κ3) is 5.24. The first-order chi connectivity index (χ1) is 19.3. The quantitative estimate of drug-likeness (QED) is 0.295. The van der Waals surface area contributed by atoms with Crippen molar-refractivity contribution in [2.24, 2.45) is 0 Å². The van der Waals surface area contributed by atoms with E-state index in [1.54, 1.807) is 16.9 Å². The zero-order valence-electron chi connectivity index (χ0n) is 24.1. The summed E-state index contributed by atoms with van der Waals surface area (Å²) in [4.78, 5) is 19.6. The minimum absolute atomic E-state index is 0.0884. The van der Waals surface area contributed by atoms with Crippen LogP contribution in [0, 0.1) is 23.0 Å². The molecule has 12 heteroatoms. The molecule has 0 unspecified atom stereocenters. The number of amides is 1. The van der Waals surface area contributed by atoms with Crippen LogP contribution in [0.15, 0.2) is 24.5 Å². The van der Waals surface area contributed by atoms with Gasteiger partial charge in [0.05, 0.1) is 50.2 Å². The molecule has 1 aliphatic heterocycles. The molecule has 2 aliphatic rings. The summed E-state index contributed by atoms with van der Waals surface area (Å²) in [7, 11) is 0.790. The summed E-state index contributed by atoms with van der Waals surface area (Å²) in [5, 5.41) is 14.1. The van der Waals surface area contributed by atoms with E-state index in [9.17, 15) is 10.1 Å². The second-order valence-electron chi connectivity index (χ2n) is 12.7. The van der Waals surface area contributed by atoms with Crippen molar-refractivity contribution in [2.75, 3.05) is 56.5 Å². The molecule has 3 heterocycles. The van der Waals surface area contributed by atoms with Crippen molar-refractivity contribution in [1.82, 2.24) is 14.8 Å². The predicted molar refractivity (Wildman–Crippen MR) is 155 cm³/mol. The fourth-order valence-electron chi connectivity index (χ4n) is 5.11. The second-order valence-corrected chi connectivity index (χ2v) is 21.0. The van der Waals surface area contributed by atoms with Gasteiger partial charge < -0.3 is 19.1 Å². The smallest absolute Gasteiger partial charge is 0.238 e. The Bertz CT molecular complexity index is 1550. The number of halogens is 2. The van der Waals surface area contributed by atoms with Crippen molar-refractivity contribution in [2.45, 2.75) is 31.5 Å². The molecule has 5 rings (SSSR count). The molecule has 220 valence electrons. The van der Waals surface area contributed by atoms with Gasteiger partial charge in [0.25, 0.3) is 0 Å². The van der Waals surface area contributed by atoms with Gasteiger partial charge in [-0.3, -0.25) is 18.9 Å². The number of aromatic nitrogens is 3. The van der Waals surface area contributed by atoms with Gasteiger partial charge >= 0.3 is 0 Å². The predicted octanol–water partition coefficient (Wildman–Crippen LogP) is 4.26. The number of pyridine rings is 1. The van der Waals surface area contributed by atoms with E-state index in [0.717, 1.165) is 22.3 Å². The number of nitriles is 1. The maximum atomic E-state index is 15.4. The van der Waals surface area contributed by atoms with Crippen LogP contribution in [0.2, 0.25) is 0 Å². The molecule has 2 aromatic heterocycles. The summed E-state index contributed by atoms with van der Waals surface area (Å²) < 4.78 is 48.4. The number of rotatable bonds is 9. The molecule has 0 N–H and O–H groups in total. The van der Waals surface area contributed by atoms with Gasteiger partial charge in [-0.1, -0.05) is 0 Å². The maximum absolute atomic E-state index is 15.4. The van der Waals surface area contributed by atoms with Gasteiger partial charge in [-0.2, -0.15) is 10.4 Å². The van der Waals surface area contributed by atoms with Crippen LogP contribution < -0.4 is 14.4 Å². The molecule has 1 aromatic carbocycles. The van der Waals surface area contributed by atoms with E-state index < -0.39 is 37.8 Å². The molecule has 0 atom stereocenters. The second kappa shape index (κ2) is 9.99. The Balaban J connectivity index is 1.50. The lowest BCUT2D eigenvalue weighted by atomic mass is 9.86. The van der Waals surface area contributed by atoms with Crippen LogP contribution >= 0.6 is 9.16 Å². The number of anilines is 1. The summed E-state index contributed by atoms with van der Waals surface area (Å²) in [6.07, 6.45) is 13.2. The minimum Gasteiger partial charge on any atom is -0.493 e. The molecule has 41 heavy (non-hydrogen) atoms. The Morgan fingerprint density at radius 2 is 1.73 bits per heavy atom. The average molecular weight is 588 g/mol. The summed E-state index contributed by atoms with van der Waals surface area (Å²) in [6.45, 7) is 0.623. The summed E-state index contributed by atoms with van der Waals surface area (Å²) in [6, 6.07) is 5.08. The number of nitrogens with zero attached hydrogens (tertiary/aromatic N) is 5. The van der Waals surface area contributed by atoms with Crippen LogP contribution in [-0.2, 0) is 28.2 Å². The lowest BCUT2D eigenvalue weighted by Crippen LogP contribution is -2.45. The van der Waals surface area contributed by atoms with Crippen LogP contribution in [0.1, 0.15) is 29.5 Å². The molecule has 0 saturated heterocycles. The number of ether oxygens (including phenoxy) is 3. The fourth-order valence-corrected chi connectivity index (χ4v) is 5.97. The topological polar surface area (TPSA) is 103 Å². The molecule has 1 saturated carbocycles. The Morgan fingerprint density at radius 3 is 2.29 bits per heavy atom. The average Bonchev–Trinajstić information content (AvgIpc) is 3.61. The molecular weight excluding hydrogens is 552 g/mol. The highest BCUT2D eigenvalue weighted by atomic mass is 32.3. The van der Waals surface area contributed by atoms with Crippen LogP contribution in [-0.4, -0.2) is 72.3 Å². The monoisotopic (exact) mass is 587 g/mol. The van der Waals surface area contributed by atoms with Gasteiger partial charge in [-0.25, -0.2) is 13.5 Å². The number of methoxy groups -OCH3 is 2. The highest BCUT2D eigenvalue weighted by Crippen LogP contribution is 2.56. The van der Waals surface area contributed by atoms with Crippen LogP contribution in [0.25, 0.3) is 11.4 Å². The number of benzene rings is 1. The highest BCUT2D eigenvalue weighted by molar-refractivity contribution is 8.47. The number of hydrogen-bond donors (Lipinski definition) is 1. The Hall–Kier alpha value is -3.69. The van der Waals surface area contributed by atoms with E-state index >= 15 is 8.78 Å². The molecule has 1 aliphatic carbocycles. The van der Waals surface area contributed by atoms with E-state index in [4.69, 9.17) is 14.2 Å². The van der Waals surface area contributed by atoms with Crippen LogP contribution in [0.3, 0.4) is 0 Å². The molecule has 1 amide bonds. The zero-order chi connectivity index (χ0) is 29.8. The van der Waals surface area contributed by atoms with Crippen molar-refractivity contribution in [3.63, 3.8) is 0 Å². The normalized spacial score (nSPS) is 16.6. The standard InChI is InChI=1S/C29H35F2N5O4S/c1-38-22-12-23(39-2)25(31)27(24(22)30)35-16-19-14-33-21(11-20(19)29(7-8-29)28(35)37)26-18(13-32)15-34-36(26)17-40-9-10-41(3,4,5)6/h11-12,14-15,41H,7-10,16-17H2,1-6H3. The Morgan fingerprint density at radius 1 is 1.07 bits per heavy atom. The summed E-state index contributed by atoms with van der Waals surface area (Å²) in [5.74, 6) is -1.87. The van der Waals surface area contributed by atoms with Gasteiger partial charge in [-0.05, 0) is 60.8 Å². The number of thiol groups is 1. The van der Waals surface area contributed by atoms with Gasteiger partial charge in [-0.15, -0.1) is 0 Å². The van der Waals surface area contributed by atoms with E-state index in [1.165, 1.54) is 20.4 Å². The number of hydrogen-bond acceptors (Lipinski definition) is 7. The largest absolute Gasteiger partial charge is 0.493 e. The van der Waals surface area contributed by atoms with Crippen molar-refractivity contribution >= 4 is 20.8 Å². The molecule has 1 spiro atoms. The molecule has 1 fully saturated rings. The molecule has 9 nitrogen and oxygen atoms in total. The van der Waals surface area contributed by atoms with Crippen LogP contribution in [0.5, 0.6) is 11.5 Å². The minimum atomic E-state index is -1.74. The lowest BCUT2D eigenvalue weighted by molar-refractivity contribution is -0.121. The van der Waals surface area contributed by atoms with Crippen molar-refractivity contribution in [3.8, 4) is 29.0 Å². The molecule has 3 aromatic rings. The molecule has 0 radical (unpaired) electrons. The van der Waals surface area contributed by atoms with Crippen molar-refractivity contribution in [1.29, 1.82) is 5.26 Å². The Kier molecular flexibility index (Phi) is 7.02. The van der Waals surface area contributed by atoms with E-state index in [1.807, 2.05) is 0 Å². The third-order valence-electron chi connectivity index (χ3n) is 7.60. The summed E-state index contributed by atoms with van der Waals surface area (Å²) >= 11 is 0. The highest BCUT2D eigenvalue weighted by Gasteiger charge is 2.57. The van der Waals surface area contributed by atoms with E-state index in [-0.39, 0.29) is 24.8 Å². The number of carbonyl (C=O) groups excluding carboxylic acids is 1. The first-order valence-corrected chi connectivity index (χ1v) is 17.5. The number of carbonyl (C=O) groups is 1. The maximum Gasteiger partial charge on any atom is 0.238 e. The fraction of sp³-hybridized carbons (Fsp3) is 0.448. The van der Waals surface area contributed by atoms with Crippen LogP contribution in [0.4, 0.5) is 14.5 Å². The van der Waals surface area contributed by atoms with E-state index in [2.05, 4.69) is 41.2 Å². The van der Waals surface area contributed by atoms with Gasteiger partial charge in [0, 0.05) is 12.3 Å². The first-order valence-electron chi connectivity index (χ1n) is 13.2. The Labute approximate surface area is 238 Å². The SMILES string of the molecule is COc1cc(OC)c(F)c(N2Cc3cnc(-c4c(C#N)cnn4COCC[SH](C)(C)(C)C)cc3C3(CC3)C2=O)c1F. The van der Waals surface area contributed by atoms with E-state index in [0.29, 0.717) is 42.0 Å². The van der Waals surface area contributed by atoms with Gasteiger partial charge in [0.2, 0.25) is 5.91 Å². The van der Waals surface area contributed by atoms with Crippen molar-refractivity contribution in [3.05, 3.63) is 52.9 Å². The third-order valence-corrected chi connectivity index (χ3v) is 9.57. The van der Waals surface area contributed by atoms with Crippen molar-refractivity contribution < 1.29 is 27.8 Å². The number of fused-ring (bicyclic) bond motifs is 2. The lowest BCUT2D eigenvalue weighted by Gasteiger charge is -2.46. The van der Waals surface area contributed by atoms with Gasteiger partial charge in [0.1, 0.15) is 24.2 Å². The molecule has 0 bridgehead atoms. The molecular formula is C29H35F2N5O4S. The zero-order valence-corrected chi connectivity index (χ0v) is 25.0. The van der Waals surface area contributed by atoms with Gasteiger partial charge in [0.15, 0.2) is 23.1 Å².